The summed E-state index contributed by atoms with van der Waals surface area (Å²) in [6.07, 6.45) is -0.218. The van der Waals surface area contributed by atoms with Gasteiger partial charge in [0.15, 0.2) is 0 Å². The lowest BCUT2D eigenvalue weighted by Crippen LogP contribution is -2.57. The van der Waals surface area contributed by atoms with Crippen molar-refractivity contribution in [1.82, 2.24) is 13.9 Å². The number of likely N-dealkylation sites (N-methyl/N-ethyl adjacent to an activating group) is 1. The summed E-state index contributed by atoms with van der Waals surface area (Å²) in [6.45, 7) is 6.57. The molecule has 3 unspecified atom stereocenters. The molecule has 7 nitrogen and oxygen atoms in total. The fraction of sp³-hybridized carbons (Fsp3) is 1.00. The summed E-state index contributed by atoms with van der Waals surface area (Å²) in [6, 6.07) is 0. The zero-order valence-electron chi connectivity index (χ0n) is 12.4. The highest BCUT2D eigenvalue weighted by Gasteiger charge is 2.37. The lowest BCUT2D eigenvalue weighted by molar-refractivity contribution is -0.0480. The quantitative estimate of drug-likeness (QED) is 0.741. The van der Waals surface area contributed by atoms with Crippen LogP contribution in [-0.2, 0) is 19.7 Å². The minimum atomic E-state index is -3.42. The minimum Gasteiger partial charge on any atom is -0.374 e. The first-order valence-corrected chi connectivity index (χ1v) is 8.50. The van der Waals surface area contributed by atoms with E-state index in [4.69, 9.17) is 9.47 Å². The highest BCUT2D eigenvalue weighted by Crippen LogP contribution is 2.19. The fourth-order valence-electron chi connectivity index (χ4n) is 2.74. The standard InChI is InChI=1S/C12H25N3O4S/c1-10-7-15(8-11(2)19-10)20(16,17)14-4-5-18-12(9-14)6-13-3/h10-13H,4-9H2,1-3H3. The smallest absolute Gasteiger partial charge is 0.282 e. The molecule has 0 aromatic heterocycles. The first-order chi connectivity index (χ1) is 9.43. The van der Waals surface area contributed by atoms with E-state index < -0.39 is 10.2 Å². The van der Waals surface area contributed by atoms with Gasteiger partial charge in [-0.3, -0.25) is 0 Å². The van der Waals surface area contributed by atoms with Crippen molar-refractivity contribution in [3.05, 3.63) is 0 Å². The van der Waals surface area contributed by atoms with Crippen molar-refractivity contribution in [3.8, 4) is 0 Å². The summed E-state index contributed by atoms with van der Waals surface area (Å²) in [5, 5.41) is 3.02. The average molecular weight is 307 g/mol. The maximum atomic E-state index is 12.7. The molecule has 0 radical (unpaired) electrons. The van der Waals surface area contributed by atoms with Gasteiger partial charge in [-0.25, -0.2) is 0 Å². The first kappa shape index (κ1) is 16.1. The Morgan fingerprint density at radius 1 is 1.15 bits per heavy atom. The fourth-order valence-corrected chi connectivity index (χ4v) is 4.52. The van der Waals surface area contributed by atoms with Gasteiger partial charge in [0.1, 0.15) is 0 Å². The number of nitrogens with one attached hydrogen (secondary N) is 1. The molecule has 3 atom stereocenters. The topological polar surface area (TPSA) is 71.1 Å². The number of hydrogen-bond donors (Lipinski definition) is 1. The van der Waals surface area contributed by atoms with Crippen LogP contribution in [0.2, 0.25) is 0 Å². The third-order valence-electron chi connectivity index (χ3n) is 3.57. The third-order valence-corrected chi connectivity index (χ3v) is 5.51. The zero-order valence-corrected chi connectivity index (χ0v) is 13.2. The van der Waals surface area contributed by atoms with Gasteiger partial charge in [0.2, 0.25) is 0 Å². The molecule has 0 aromatic rings. The number of rotatable bonds is 4. The summed E-state index contributed by atoms with van der Waals surface area (Å²) < 4.78 is 39.6. The highest BCUT2D eigenvalue weighted by molar-refractivity contribution is 7.86. The normalized spacial score (nSPS) is 34.2. The molecule has 0 spiro atoms. The molecule has 0 saturated carbocycles. The lowest BCUT2D eigenvalue weighted by Gasteiger charge is -2.39. The van der Waals surface area contributed by atoms with E-state index in [2.05, 4.69) is 5.32 Å². The molecule has 20 heavy (non-hydrogen) atoms. The third kappa shape index (κ3) is 3.69. The van der Waals surface area contributed by atoms with Crippen molar-refractivity contribution >= 4 is 10.2 Å². The van der Waals surface area contributed by atoms with Gasteiger partial charge in [0, 0.05) is 32.7 Å². The number of nitrogens with zero attached hydrogens (tertiary/aromatic N) is 2. The maximum Gasteiger partial charge on any atom is 0.282 e. The van der Waals surface area contributed by atoms with Gasteiger partial charge in [-0.15, -0.1) is 0 Å². The molecule has 2 fully saturated rings. The van der Waals surface area contributed by atoms with Crippen molar-refractivity contribution in [1.29, 1.82) is 0 Å². The van der Waals surface area contributed by atoms with E-state index in [9.17, 15) is 8.42 Å². The maximum absolute atomic E-state index is 12.7. The van der Waals surface area contributed by atoms with Crippen LogP contribution in [0.3, 0.4) is 0 Å². The Morgan fingerprint density at radius 2 is 1.80 bits per heavy atom. The van der Waals surface area contributed by atoms with Gasteiger partial charge in [-0.2, -0.15) is 17.0 Å². The van der Waals surface area contributed by atoms with Crippen LogP contribution < -0.4 is 5.32 Å². The summed E-state index contributed by atoms with van der Waals surface area (Å²) in [4.78, 5) is 0. The Bertz CT molecular complexity index is 405. The van der Waals surface area contributed by atoms with E-state index in [1.165, 1.54) is 8.61 Å². The second-order valence-electron chi connectivity index (χ2n) is 5.49. The lowest BCUT2D eigenvalue weighted by atomic mass is 10.3. The average Bonchev–Trinajstić information content (AvgIpc) is 2.38. The largest absolute Gasteiger partial charge is 0.374 e. The molecule has 2 saturated heterocycles. The van der Waals surface area contributed by atoms with Gasteiger partial charge >= 0.3 is 0 Å². The Labute approximate surface area is 121 Å². The molecule has 2 aliphatic heterocycles. The molecule has 118 valence electrons. The van der Waals surface area contributed by atoms with Crippen molar-refractivity contribution in [2.45, 2.75) is 32.2 Å². The van der Waals surface area contributed by atoms with Crippen LogP contribution in [0.1, 0.15) is 13.8 Å². The van der Waals surface area contributed by atoms with Gasteiger partial charge in [0.05, 0.1) is 24.9 Å². The predicted octanol–water partition coefficient (Wildman–Crippen LogP) is -0.739. The monoisotopic (exact) mass is 307 g/mol. The Balaban J connectivity index is 2.05. The summed E-state index contributed by atoms with van der Waals surface area (Å²) in [7, 11) is -1.59. The van der Waals surface area contributed by atoms with Crippen molar-refractivity contribution < 1.29 is 17.9 Å². The number of ether oxygens (including phenoxy) is 2. The van der Waals surface area contributed by atoms with E-state index >= 15 is 0 Å². The van der Waals surface area contributed by atoms with Gasteiger partial charge in [-0.1, -0.05) is 0 Å². The molecule has 0 aliphatic carbocycles. The van der Waals surface area contributed by atoms with Crippen LogP contribution in [0.4, 0.5) is 0 Å². The number of morpholine rings is 2. The van der Waals surface area contributed by atoms with Crippen LogP contribution >= 0.6 is 0 Å². The SMILES string of the molecule is CNCC1CN(S(=O)(=O)N2CC(C)OC(C)C2)CCO1. The van der Waals surface area contributed by atoms with Gasteiger partial charge < -0.3 is 14.8 Å². The van der Waals surface area contributed by atoms with Crippen LogP contribution in [-0.4, -0.2) is 81.7 Å². The van der Waals surface area contributed by atoms with Crippen LogP contribution in [0.15, 0.2) is 0 Å². The van der Waals surface area contributed by atoms with Crippen LogP contribution in [0.25, 0.3) is 0 Å². The van der Waals surface area contributed by atoms with E-state index in [-0.39, 0.29) is 18.3 Å². The molecule has 2 aliphatic rings. The minimum absolute atomic E-state index is 0.0670. The van der Waals surface area contributed by atoms with Crippen molar-refractivity contribution in [3.63, 3.8) is 0 Å². The molecule has 0 bridgehead atoms. The molecular weight excluding hydrogens is 282 g/mol. The predicted molar refractivity (Wildman–Crippen MR) is 75.7 cm³/mol. The van der Waals surface area contributed by atoms with Gasteiger partial charge in [0.25, 0.3) is 10.2 Å². The zero-order chi connectivity index (χ0) is 14.8. The summed E-state index contributed by atoms with van der Waals surface area (Å²) in [5.41, 5.74) is 0. The van der Waals surface area contributed by atoms with Crippen LogP contribution in [0.5, 0.6) is 0 Å². The molecule has 8 heteroatoms. The Kier molecular flexibility index (Phi) is 5.38. The Morgan fingerprint density at radius 3 is 2.40 bits per heavy atom. The molecular formula is C12H25N3O4S. The Hall–Kier alpha value is -0.250. The van der Waals surface area contributed by atoms with E-state index in [1.807, 2.05) is 20.9 Å². The van der Waals surface area contributed by atoms with Crippen molar-refractivity contribution in [2.24, 2.45) is 0 Å². The molecule has 1 N–H and O–H groups in total. The summed E-state index contributed by atoms with van der Waals surface area (Å²) in [5.74, 6) is 0. The molecule has 2 heterocycles. The molecule has 2 rings (SSSR count). The van der Waals surface area contributed by atoms with Gasteiger partial charge in [-0.05, 0) is 20.9 Å². The highest BCUT2D eigenvalue weighted by atomic mass is 32.2. The second kappa shape index (κ2) is 6.67. The molecule has 0 amide bonds. The number of hydrogen-bond acceptors (Lipinski definition) is 5. The molecule has 0 aromatic carbocycles. The van der Waals surface area contributed by atoms with E-state index in [1.54, 1.807) is 0 Å². The first-order valence-electron chi connectivity index (χ1n) is 7.10. The van der Waals surface area contributed by atoms with Crippen molar-refractivity contribution in [2.75, 3.05) is 46.4 Å². The second-order valence-corrected chi connectivity index (χ2v) is 7.42. The van der Waals surface area contributed by atoms with Crippen LogP contribution in [0, 0.1) is 0 Å². The van der Waals surface area contributed by atoms with E-state index in [0.29, 0.717) is 39.3 Å². The van der Waals surface area contributed by atoms with E-state index in [0.717, 1.165) is 0 Å². The summed E-state index contributed by atoms with van der Waals surface area (Å²) >= 11 is 0.